The van der Waals surface area contributed by atoms with Gasteiger partial charge < -0.3 is 14.9 Å². The van der Waals surface area contributed by atoms with Gasteiger partial charge in [0.2, 0.25) is 0 Å². The van der Waals surface area contributed by atoms with E-state index < -0.39 is 34.5 Å². The first-order valence-electron chi connectivity index (χ1n) is 5.24. The zero-order valence-corrected chi connectivity index (χ0v) is 11.0. The third kappa shape index (κ3) is 2.14. The molecule has 1 fully saturated rings. The normalized spacial score (nSPS) is 31.8. The highest BCUT2D eigenvalue weighted by atomic mass is 79.9. The van der Waals surface area contributed by atoms with E-state index in [1.807, 2.05) is 0 Å². The molecule has 0 amide bonds. The smallest absolute Gasteiger partial charge is 0.347 e. The Morgan fingerprint density at radius 3 is 2.78 bits per heavy atom. The van der Waals surface area contributed by atoms with Crippen molar-refractivity contribution in [3.63, 3.8) is 0 Å². The van der Waals surface area contributed by atoms with Gasteiger partial charge in [0.25, 0.3) is 5.56 Å². The Bertz CT molecular complexity index is 556. The second-order valence-electron chi connectivity index (χ2n) is 3.97. The van der Waals surface area contributed by atoms with E-state index in [0.717, 1.165) is 4.68 Å². The maximum absolute atomic E-state index is 11.6. The fourth-order valence-corrected chi connectivity index (χ4v) is 2.41. The molecule has 8 nitrogen and oxygen atoms in total. The summed E-state index contributed by atoms with van der Waals surface area (Å²) in [5.74, 6) is 0. The number of alkyl halides is 1. The van der Waals surface area contributed by atoms with Gasteiger partial charge in [-0.1, -0.05) is 15.9 Å². The van der Waals surface area contributed by atoms with Gasteiger partial charge in [-0.3, -0.25) is 9.78 Å². The Balaban J connectivity index is 2.42. The van der Waals surface area contributed by atoms with Crippen LogP contribution >= 0.6 is 15.9 Å². The molecule has 1 saturated heterocycles. The van der Waals surface area contributed by atoms with Gasteiger partial charge in [0.05, 0.1) is 17.5 Å². The summed E-state index contributed by atoms with van der Waals surface area (Å²) in [6.07, 6.45) is -2.67. The quantitative estimate of drug-likeness (QED) is 0.556. The van der Waals surface area contributed by atoms with Crippen molar-refractivity contribution in [2.45, 2.75) is 30.2 Å². The molecule has 0 radical (unpaired) electrons. The van der Waals surface area contributed by atoms with Crippen LogP contribution in [0.4, 0.5) is 0 Å². The van der Waals surface area contributed by atoms with Gasteiger partial charge >= 0.3 is 5.69 Å². The third-order valence-corrected chi connectivity index (χ3v) is 3.72. The summed E-state index contributed by atoms with van der Waals surface area (Å²) in [6, 6.07) is 0. The zero-order valence-electron chi connectivity index (χ0n) is 9.41. The van der Waals surface area contributed by atoms with Gasteiger partial charge in [-0.15, -0.1) is 0 Å². The Kier molecular flexibility index (Phi) is 3.66. The highest BCUT2D eigenvalue weighted by molar-refractivity contribution is 9.09. The number of ether oxygens (including phenoxy) is 1. The number of aliphatic hydroxyl groups excluding tert-OH is 2. The lowest BCUT2D eigenvalue weighted by Crippen LogP contribution is -2.39. The molecule has 0 spiro atoms. The SMILES string of the molecule is Cc1nn([C@@H]2O[C@H](CO)[C@@H](O)[C@H]2Br)c(=O)[nH]c1=O. The molecule has 1 aliphatic heterocycles. The average Bonchev–Trinajstić information content (AvgIpc) is 2.61. The van der Waals surface area contributed by atoms with E-state index in [1.165, 1.54) is 6.92 Å². The van der Waals surface area contributed by atoms with Crippen LogP contribution in [0.1, 0.15) is 11.9 Å². The lowest BCUT2D eigenvalue weighted by Gasteiger charge is -2.15. The van der Waals surface area contributed by atoms with E-state index in [-0.39, 0.29) is 12.3 Å². The van der Waals surface area contributed by atoms with Crippen molar-refractivity contribution in [2.24, 2.45) is 0 Å². The van der Waals surface area contributed by atoms with E-state index in [0.29, 0.717) is 0 Å². The molecule has 9 heteroatoms. The number of nitrogens with one attached hydrogen (secondary N) is 1. The summed E-state index contributed by atoms with van der Waals surface area (Å²) in [7, 11) is 0. The van der Waals surface area contributed by atoms with Crippen molar-refractivity contribution in [3.05, 3.63) is 26.5 Å². The van der Waals surface area contributed by atoms with Gasteiger partial charge in [-0.25, -0.2) is 4.79 Å². The summed E-state index contributed by atoms with van der Waals surface area (Å²) in [4.78, 5) is 24.3. The molecule has 18 heavy (non-hydrogen) atoms. The molecule has 0 bridgehead atoms. The van der Waals surface area contributed by atoms with Crippen LogP contribution in [-0.2, 0) is 4.74 Å². The topological polar surface area (TPSA) is 117 Å². The molecule has 2 heterocycles. The molecule has 3 N–H and O–H groups in total. The van der Waals surface area contributed by atoms with Gasteiger partial charge in [-0.05, 0) is 6.92 Å². The number of rotatable bonds is 2. The van der Waals surface area contributed by atoms with Crippen molar-refractivity contribution in [1.29, 1.82) is 0 Å². The number of hydrogen-bond donors (Lipinski definition) is 3. The molecular weight excluding hydrogens is 310 g/mol. The van der Waals surface area contributed by atoms with E-state index >= 15 is 0 Å². The maximum Gasteiger partial charge on any atom is 0.347 e. The Hall–Kier alpha value is -1.03. The van der Waals surface area contributed by atoms with Gasteiger partial charge in [0.15, 0.2) is 6.23 Å². The maximum atomic E-state index is 11.6. The molecule has 1 aromatic heterocycles. The van der Waals surface area contributed by atoms with Crippen LogP contribution in [0.3, 0.4) is 0 Å². The minimum Gasteiger partial charge on any atom is -0.394 e. The molecule has 1 aliphatic rings. The minimum absolute atomic E-state index is 0.111. The standard InChI is InChI=1S/C9H12BrN3O5/c1-3-7(16)11-9(17)13(12-3)8-5(10)6(15)4(2-14)18-8/h4-6,8,14-15H,2H2,1H3,(H,11,16,17)/t4-,5-,6-,8-/m1/s1. The third-order valence-electron chi connectivity index (χ3n) is 2.73. The number of aliphatic hydroxyl groups is 2. The Morgan fingerprint density at radius 1 is 1.56 bits per heavy atom. The molecule has 0 aliphatic carbocycles. The van der Waals surface area contributed by atoms with Crippen LogP contribution in [0, 0.1) is 6.92 Å². The number of H-pyrrole nitrogens is 1. The predicted molar refractivity (Wildman–Crippen MR) is 63.6 cm³/mol. The van der Waals surface area contributed by atoms with Crippen molar-refractivity contribution in [1.82, 2.24) is 14.8 Å². The number of halogens is 1. The summed E-state index contributed by atoms with van der Waals surface area (Å²) in [5, 5.41) is 22.6. The van der Waals surface area contributed by atoms with Gasteiger partial charge in [0.1, 0.15) is 11.8 Å². The van der Waals surface area contributed by atoms with E-state index in [4.69, 9.17) is 9.84 Å². The zero-order chi connectivity index (χ0) is 13.4. The predicted octanol–water partition coefficient (Wildman–Crippen LogP) is -1.75. The van der Waals surface area contributed by atoms with Crippen LogP contribution in [0.5, 0.6) is 0 Å². The fraction of sp³-hybridized carbons (Fsp3) is 0.667. The second-order valence-corrected chi connectivity index (χ2v) is 5.03. The second kappa shape index (κ2) is 4.92. The minimum atomic E-state index is -0.971. The first-order valence-corrected chi connectivity index (χ1v) is 6.15. The molecule has 0 aromatic carbocycles. The number of aromatic amines is 1. The van der Waals surface area contributed by atoms with E-state index in [9.17, 15) is 14.7 Å². The van der Waals surface area contributed by atoms with Crippen molar-refractivity contribution in [2.75, 3.05) is 6.61 Å². The number of aryl methyl sites for hydroxylation is 1. The first-order chi connectivity index (χ1) is 8.45. The molecule has 0 unspecified atom stereocenters. The van der Waals surface area contributed by atoms with Crippen molar-refractivity contribution < 1.29 is 14.9 Å². The van der Waals surface area contributed by atoms with Crippen molar-refractivity contribution >= 4 is 15.9 Å². The first kappa shape index (κ1) is 13.4. The summed E-state index contributed by atoms with van der Waals surface area (Å²) >= 11 is 3.19. The van der Waals surface area contributed by atoms with Crippen LogP contribution in [-0.4, -0.2) is 48.6 Å². The van der Waals surface area contributed by atoms with Crippen molar-refractivity contribution in [3.8, 4) is 0 Å². The highest BCUT2D eigenvalue weighted by Crippen LogP contribution is 2.32. The van der Waals surface area contributed by atoms with Crippen LogP contribution in [0.25, 0.3) is 0 Å². The number of aromatic nitrogens is 3. The summed E-state index contributed by atoms with van der Waals surface area (Å²) in [6.45, 7) is 1.07. The molecule has 0 saturated carbocycles. The molecule has 2 rings (SSSR count). The lowest BCUT2D eigenvalue weighted by atomic mass is 10.2. The lowest BCUT2D eigenvalue weighted by molar-refractivity contribution is -0.0504. The monoisotopic (exact) mass is 321 g/mol. The molecular formula is C9H12BrN3O5. The largest absolute Gasteiger partial charge is 0.394 e. The number of hydrogen-bond acceptors (Lipinski definition) is 6. The average molecular weight is 322 g/mol. The Morgan fingerprint density at radius 2 is 2.22 bits per heavy atom. The van der Waals surface area contributed by atoms with Gasteiger partial charge in [-0.2, -0.15) is 9.78 Å². The van der Waals surface area contributed by atoms with Crippen LogP contribution < -0.4 is 11.2 Å². The molecule has 1 aromatic rings. The number of nitrogens with zero attached hydrogens (tertiary/aromatic N) is 2. The Labute approximate surface area is 109 Å². The van der Waals surface area contributed by atoms with Crippen LogP contribution in [0.2, 0.25) is 0 Å². The van der Waals surface area contributed by atoms with E-state index in [1.54, 1.807) is 0 Å². The van der Waals surface area contributed by atoms with E-state index in [2.05, 4.69) is 26.0 Å². The van der Waals surface area contributed by atoms with Gasteiger partial charge in [0, 0.05) is 0 Å². The molecule has 4 atom stereocenters. The van der Waals surface area contributed by atoms with Crippen LogP contribution in [0.15, 0.2) is 9.59 Å². The summed E-state index contributed by atoms with van der Waals surface area (Å²) < 4.78 is 6.27. The highest BCUT2D eigenvalue weighted by Gasteiger charge is 2.44. The molecule has 100 valence electrons. The summed E-state index contributed by atoms with van der Waals surface area (Å²) in [5.41, 5.74) is -1.19. The fourth-order valence-electron chi connectivity index (χ4n) is 1.72.